The maximum absolute atomic E-state index is 17.1. The van der Waals surface area contributed by atoms with Gasteiger partial charge >= 0.3 is 6.01 Å². The van der Waals surface area contributed by atoms with Crippen molar-refractivity contribution < 1.29 is 28.1 Å². The second-order valence-electron chi connectivity index (χ2n) is 14.2. The number of pyridine rings is 1. The Morgan fingerprint density at radius 1 is 1.10 bits per heavy atom. The van der Waals surface area contributed by atoms with Crippen LogP contribution in [0.2, 0.25) is 0 Å². The number of alkyl halides is 1. The molecule has 1 N–H and O–H groups in total. The van der Waals surface area contributed by atoms with Gasteiger partial charge in [0.15, 0.2) is 5.82 Å². The summed E-state index contributed by atoms with van der Waals surface area (Å²) in [5.41, 5.74) is 0.409. The molecule has 9 rings (SSSR count). The van der Waals surface area contributed by atoms with Gasteiger partial charge in [-0.3, -0.25) is 4.90 Å². The van der Waals surface area contributed by atoms with E-state index in [9.17, 15) is 9.50 Å². The van der Waals surface area contributed by atoms with E-state index in [1.807, 2.05) is 12.1 Å². The molecule has 4 saturated heterocycles. The summed E-state index contributed by atoms with van der Waals surface area (Å²) in [6, 6.07) is 8.35. The van der Waals surface area contributed by atoms with Gasteiger partial charge in [-0.2, -0.15) is 9.97 Å². The van der Waals surface area contributed by atoms with Crippen molar-refractivity contribution >= 4 is 27.5 Å². The molecule has 5 aliphatic heterocycles. The average Bonchev–Trinajstić information content (AvgIpc) is 3.46. The van der Waals surface area contributed by atoms with Crippen molar-refractivity contribution in [3.63, 3.8) is 0 Å². The number of benzene rings is 2. The van der Waals surface area contributed by atoms with E-state index >= 15 is 4.39 Å². The van der Waals surface area contributed by atoms with Crippen molar-refractivity contribution in [2.24, 2.45) is 5.92 Å². The second kappa shape index (κ2) is 12.3. The van der Waals surface area contributed by atoms with Gasteiger partial charge in [-0.05, 0) is 55.5 Å². The van der Waals surface area contributed by atoms with E-state index in [4.69, 9.17) is 30.6 Å². The summed E-state index contributed by atoms with van der Waals surface area (Å²) in [6.07, 6.45) is 11.5. The molecule has 0 aliphatic carbocycles. The number of aromatic nitrogens is 3. The van der Waals surface area contributed by atoms with Gasteiger partial charge in [0, 0.05) is 67.1 Å². The lowest BCUT2D eigenvalue weighted by Gasteiger charge is -2.31. The summed E-state index contributed by atoms with van der Waals surface area (Å²) in [5.74, 6) is 3.17. The predicted molar refractivity (Wildman–Crippen MR) is 185 cm³/mol. The minimum atomic E-state index is -0.886. The van der Waals surface area contributed by atoms with Crippen LogP contribution < -0.4 is 14.4 Å². The highest BCUT2D eigenvalue weighted by Gasteiger charge is 2.47. The van der Waals surface area contributed by atoms with Crippen molar-refractivity contribution in [3.05, 3.63) is 54.1 Å². The summed E-state index contributed by atoms with van der Waals surface area (Å²) in [6.45, 7) is 6.44. The van der Waals surface area contributed by atoms with Crippen LogP contribution in [0.25, 0.3) is 32.9 Å². The standard InChI is InChI=1S/C38H38F2N6O4/c1-2-24-5-3-6-25-15-28(47)16-29(30(24)25)33-32(40)34-31-35(43-37(42-34)49-14-9-38-8-4-10-45(38)19-26(39)17-38)46-13-12-44(18-23-20-48-21-23)11-7-27(46)22-50-36(31)41-33/h1,3,5-6,9,14-16,23,26-27,47H,4,7-8,10-13,17-22H2/b14-9+/t26-,27+,38?/m1/s1. The summed E-state index contributed by atoms with van der Waals surface area (Å²) in [4.78, 5) is 21.1. The predicted octanol–water partition coefficient (Wildman–Crippen LogP) is 5.06. The summed E-state index contributed by atoms with van der Waals surface area (Å²) < 4.78 is 49.5. The number of ether oxygens (including phenoxy) is 3. The van der Waals surface area contributed by atoms with Crippen LogP contribution in [0, 0.1) is 24.1 Å². The molecular weight excluding hydrogens is 642 g/mol. The monoisotopic (exact) mass is 680 g/mol. The number of fused-ring (bicyclic) bond motifs is 4. The van der Waals surface area contributed by atoms with Gasteiger partial charge < -0.3 is 29.1 Å². The minimum absolute atomic E-state index is 0.00760. The first-order valence-corrected chi connectivity index (χ1v) is 17.5. The van der Waals surface area contributed by atoms with E-state index in [0.29, 0.717) is 65.1 Å². The van der Waals surface area contributed by atoms with Crippen LogP contribution in [0.3, 0.4) is 0 Å². The fourth-order valence-corrected chi connectivity index (χ4v) is 8.59. The highest BCUT2D eigenvalue weighted by molar-refractivity contribution is 6.04. The lowest BCUT2D eigenvalue weighted by atomic mass is 9.94. The zero-order valence-corrected chi connectivity index (χ0v) is 27.7. The largest absolute Gasteiger partial charge is 0.508 e. The Kier molecular flexibility index (Phi) is 7.75. The van der Waals surface area contributed by atoms with Crippen LogP contribution in [0.4, 0.5) is 14.6 Å². The number of terminal acetylenes is 1. The van der Waals surface area contributed by atoms with Crippen molar-refractivity contribution in [3.8, 4) is 41.2 Å². The zero-order valence-electron chi connectivity index (χ0n) is 27.7. The third-order valence-electron chi connectivity index (χ3n) is 11.1. The van der Waals surface area contributed by atoms with Crippen molar-refractivity contribution in [1.82, 2.24) is 24.8 Å². The Labute approximate surface area is 288 Å². The molecule has 4 fully saturated rings. The van der Waals surface area contributed by atoms with E-state index in [-0.39, 0.29) is 34.9 Å². The third kappa shape index (κ3) is 5.30. The molecule has 12 heteroatoms. The number of hydrogen-bond donors (Lipinski definition) is 1. The average molecular weight is 681 g/mol. The Balaban J connectivity index is 1.17. The highest BCUT2D eigenvalue weighted by Crippen LogP contribution is 2.44. The van der Waals surface area contributed by atoms with Crippen LogP contribution in [0.1, 0.15) is 31.2 Å². The Morgan fingerprint density at radius 3 is 2.84 bits per heavy atom. The maximum atomic E-state index is 17.1. The lowest BCUT2D eigenvalue weighted by molar-refractivity contribution is -0.0458. The molecule has 0 bridgehead atoms. The van der Waals surface area contributed by atoms with E-state index in [2.05, 4.69) is 25.6 Å². The van der Waals surface area contributed by atoms with E-state index < -0.39 is 17.5 Å². The first-order chi connectivity index (χ1) is 24.4. The molecule has 50 heavy (non-hydrogen) atoms. The number of phenols is 1. The highest BCUT2D eigenvalue weighted by atomic mass is 19.1. The van der Waals surface area contributed by atoms with Crippen molar-refractivity contribution in [2.75, 3.05) is 64.0 Å². The van der Waals surface area contributed by atoms with Gasteiger partial charge in [-0.15, -0.1) is 6.42 Å². The van der Waals surface area contributed by atoms with Crippen LogP contribution in [-0.4, -0.2) is 107 Å². The van der Waals surface area contributed by atoms with Gasteiger partial charge in [0.1, 0.15) is 40.9 Å². The number of halogens is 2. The molecule has 0 amide bonds. The second-order valence-corrected chi connectivity index (χ2v) is 14.2. The SMILES string of the molecule is C#Cc1cccc2cc(O)cc(-c3nc4c5c(nc(O/C=C/C67CCCN6C[C@H](F)C7)nc5c3F)N3CCN(CC5COC5)CC[C@H]3CO4)c12. The topological polar surface area (TPSA) is 96.3 Å². The van der Waals surface area contributed by atoms with E-state index in [1.165, 1.54) is 12.3 Å². The Bertz CT molecular complexity index is 2070. The van der Waals surface area contributed by atoms with E-state index in [1.54, 1.807) is 18.2 Å². The molecule has 2 aromatic heterocycles. The number of anilines is 1. The number of hydrogen-bond acceptors (Lipinski definition) is 10. The smallest absolute Gasteiger partial charge is 0.324 e. The molecular formula is C38H38F2N6O4. The van der Waals surface area contributed by atoms with Crippen LogP contribution in [0.15, 0.2) is 42.7 Å². The number of rotatable bonds is 6. The number of nitrogens with zero attached hydrogens (tertiary/aromatic N) is 6. The van der Waals surface area contributed by atoms with Gasteiger partial charge in [-0.1, -0.05) is 18.1 Å². The quantitative estimate of drug-likeness (QED) is 0.220. The molecule has 0 spiro atoms. The fraction of sp³-hybridized carbons (Fsp3) is 0.447. The van der Waals surface area contributed by atoms with Crippen LogP contribution in [-0.2, 0) is 4.74 Å². The van der Waals surface area contributed by atoms with Crippen molar-refractivity contribution in [1.29, 1.82) is 0 Å². The third-order valence-corrected chi connectivity index (χ3v) is 11.1. The molecule has 4 aromatic rings. The summed E-state index contributed by atoms with van der Waals surface area (Å²) >= 11 is 0. The molecule has 258 valence electrons. The minimum Gasteiger partial charge on any atom is -0.508 e. The van der Waals surface area contributed by atoms with Gasteiger partial charge in [0.05, 0.1) is 25.5 Å². The first kappa shape index (κ1) is 31.4. The molecule has 2 aromatic carbocycles. The Morgan fingerprint density at radius 2 is 2.00 bits per heavy atom. The van der Waals surface area contributed by atoms with Gasteiger partial charge in [-0.25, -0.2) is 13.8 Å². The first-order valence-electron chi connectivity index (χ1n) is 17.5. The molecule has 0 radical (unpaired) electrons. The van der Waals surface area contributed by atoms with Crippen LogP contribution in [0.5, 0.6) is 17.6 Å². The summed E-state index contributed by atoms with van der Waals surface area (Å²) in [5, 5.41) is 12.3. The maximum Gasteiger partial charge on any atom is 0.324 e. The lowest BCUT2D eigenvalue weighted by Crippen LogP contribution is -2.41. The molecule has 3 atom stereocenters. The molecule has 10 nitrogen and oxygen atoms in total. The fourth-order valence-electron chi connectivity index (χ4n) is 8.59. The summed E-state index contributed by atoms with van der Waals surface area (Å²) in [7, 11) is 0. The van der Waals surface area contributed by atoms with Crippen LogP contribution >= 0.6 is 0 Å². The van der Waals surface area contributed by atoms with Gasteiger partial charge in [0.2, 0.25) is 5.88 Å². The molecule has 7 heterocycles. The molecule has 0 saturated carbocycles. The zero-order chi connectivity index (χ0) is 34.0. The molecule has 5 aliphatic rings. The van der Waals surface area contributed by atoms with Crippen molar-refractivity contribution in [2.45, 2.75) is 43.4 Å². The van der Waals surface area contributed by atoms with E-state index in [0.717, 1.165) is 58.7 Å². The van der Waals surface area contributed by atoms with Gasteiger partial charge in [0.25, 0.3) is 0 Å². The number of phenolic OH excluding ortho intramolecular Hbond substituents is 1. The Hall–Kier alpha value is -4.57. The number of aromatic hydroxyl groups is 1. The molecule has 1 unspecified atom stereocenters. The normalized spacial score (nSPS) is 25.6.